The summed E-state index contributed by atoms with van der Waals surface area (Å²) in [5, 5.41) is 22.2. The van der Waals surface area contributed by atoms with E-state index in [4.69, 9.17) is 15.2 Å². The van der Waals surface area contributed by atoms with Crippen LogP contribution in [0.5, 0.6) is 11.6 Å². The van der Waals surface area contributed by atoms with Gasteiger partial charge in [0.1, 0.15) is 11.9 Å². The summed E-state index contributed by atoms with van der Waals surface area (Å²) in [7, 11) is 0. The lowest BCUT2D eigenvalue weighted by atomic mass is 9.91. The number of piperazine rings is 1. The highest BCUT2D eigenvalue weighted by atomic mass is 16.5. The van der Waals surface area contributed by atoms with E-state index >= 15 is 0 Å². The van der Waals surface area contributed by atoms with Gasteiger partial charge < -0.3 is 35.4 Å². The fraction of sp³-hybridized carbons (Fsp3) is 0.500. The number of phenolic OH excluding ortho intramolecular Hbond substituents is 1. The first-order chi connectivity index (χ1) is 19.6. The highest BCUT2D eigenvalue weighted by Crippen LogP contribution is 2.40. The lowest BCUT2D eigenvalue weighted by Gasteiger charge is -2.43. The largest absolute Gasteiger partial charge is 0.507 e. The molecule has 1 aliphatic carbocycles. The molecule has 3 aliphatic heterocycles. The van der Waals surface area contributed by atoms with Crippen LogP contribution < -0.4 is 25.6 Å². The van der Waals surface area contributed by atoms with Crippen LogP contribution in [0.1, 0.15) is 38.5 Å². The Kier molecular flexibility index (Phi) is 6.81. The van der Waals surface area contributed by atoms with Crippen molar-refractivity contribution in [1.82, 2.24) is 20.5 Å². The molecular weight excluding hydrogens is 506 g/mol. The number of nitrogens with two attached hydrogens (primary N) is 1. The molecule has 0 spiro atoms. The third-order valence-electron chi connectivity index (χ3n) is 8.80. The molecule has 4 aliphatic rings. The van der Waals surface area contributed by atoms with Crippen LogP contribution in [0.3, 0.4) is 0 Å². The monoisotopic (exact) mass is 543 g/mol. The van der Waals surface area contributed by atoms with Gasteiger partial charge in [0, 0.05) is 68.1 Å². The van der Waals surface area contributed by atoms with Gasteiger partial charge in [-0.3, -0.25) is 0 Å². The molecule has 4 N–H and O–H groups in total. The van der Waals surface area contributed by atoms with Gasteiger partial charge in [-0.15, -0.1) is 10.2 Å². The maximum absolute atomic E-state index is 10.3. The van der Waals surface area contributed by atoms with Gasteiger partial charge in [-0.1, -0.05) is 12.1 Å². The lowest BCUT2D eigenvalue weighted by Crippen LogP contribution is -2.54. The first-order valence-electron chi connectivity index (χ1n) is 14.5. The number of aromatic hydroxyl groups is 1. The summed E-state index contributed by atoms with van der Waals surface area (Å²) in [6, 6.07) is 14.0. The molecule has 7 rings (SSSR count). The third kappa shape index (κ3) is 5.01. The fourth-order valence-electron chi connectivity index (χ4n) is 6.72. The second-order valence-corrected chi connectivity index (χ2v) is 11.5. The number of nitrogens with zero attached hydrogens (tertiary/aromatic N) is 5. The molecule has 5 heterocycles. The predicted molar refractivity (Wildman–Crippen MR) is 154 cm³/mol. The number of piperidine rings is 1. The smallest absolute Gasteiger partial charge is 0.215 e. The zero-order valence-electron chi connectivity index (χ0n) is 22.7. The predicted octanol–water partition coefficient (Wildman–Crippen LogP) is 3.36. The molecule has 10 heteroatoms. The van der Waals surface area contributed by atoms with Gasteiger partial charge in [0.25, 0.3) is 0 Å². The molecule has 3 atom stereocenters. The highest BCUT2D eigenvalue weighted by Gasteiger charge is 2.41. The number of nitrogens with one attached hydrogen (secondary N) is 1. The first kappa shape index (κ1) is 25.3. The van der Waals surface area contributed by atoms with Crippen molar-refractivity contribution in [3.05, 3.63) is 48.7 Å². The molecule has 4 fully saturated rings. The Hall–Kier alpha value is -3.63. The van der Waals surface area contributed by atoms with Gasteiger partial charge in [-0.25, -0.2) is 4.98 Å². The van der Waals surface area contributed by atoms with Crippen LogP contribution in [0.25, 0.3) is 11.3 Å². The van der Waals surface area contributed by atoms with E-state index in [0.29, 0.717) is 47.2 Å². The van der Waals surface area contributed by atoms with Crippen LogP contribution in [0.2, 0.25) is 0 Å². The molecular formula is C30H37N7O3. The quantitative estimate of drug-likeness (QED) is 0.409. The van der Waals surface area contributed by atoms with Crippen LogP contribution in [-0.4, -0.2) is 76.9 Å². The van der Waals surface area contributed by atoms with Gasteiger partial charge in [0.2, 0.25) is 5.88 Å². The number of para-hydroxylation sites is 1. The van der Waals surface area contributed by atoms with Crippen molar-refractivity contribution in [1.29, 1.82) is 0 Å². The Bertz CT molecular complexity index is 1330. The number of nitrogen functional groups attached to an aromatic ring is 1. The van der Waals surface area contributed by atoms with Crippen LogP contribution >= 0.6 is 0 Å². The number of rotatable bonds is 7. The number of hydrogen-bond donors (Lipinski definition) is 3. The number of ether oxygens (including phenoxy) is 2. The van der Waals surface area contributed by atoms with E-state index in [-0.39, 0.29) is 11.9 Å². The SMILES string of the molecule is Nc1nnc(-c2ccccc2O)cc1N1CC2CCC(C1)N2c1ccnc(OC2CC(OC3CCCNC3)C2)c1. The average Bonchev–Trinajstić information content (AvgIpc) is 3.22. The van der Waals surface area contributed by atoms with E-state index in [9.17, 15) is 5.11 Å². The van der Waals surface area contributed by atoms with Gasteiger partial charge in [-0.05, 0) is 56.5 Å². The molecule has 2 aromatic heterocycles. The molecule has 0 radical (unpaired) electrons. The van der Waals surface area contributed by atoms with E-state index in [1.54, 1.807) is 12.1 Å². The molecule has 3 unspecified atom stereocenters. The minimum Gasteiger partial charge on any atom is -0.507 e. The summed E-state index contributed by atoms with van der Waals surface area (Å²) in [5.41, 5.74) is 9.61. The number of pyridine rings is 1. The van der Waals surface area contributed by atoms with Crippen molar-refractivity contribution in [3.63, 3.8) is 0 Å². The summed E-state index contributed by atoms with van der Waals surface area (Å²) < 4.78 is 12.5. The molecule has 10 nitrogen and oxygen atoms in total. The summed E-state index contributed by atoms with van der Waals surface area (Å²) >= 11 is 0. The number of aromatic nitrogens is 3. The number of phenols is 1. The van der Waals surface area contributed by atoms with Crippen LogP contribution in [-0.2, 0) is 4.74 Å². The molecule has 1 aromatic carbocycles. The van der Waals surface area contributed by atoms with E-state index in [1.165, 1.54) is 6.42 Å². The first-order valence-corrected chi connectivity index (χ1v) is 14.5. The fourth-order valence-corrected chi connectivity index (χ4v) is 6.72. The molecule has 210 valence electrons. The van der Waals surface area contributed by atoms with Crippen molar-refractivity contribution in [2.75, 3.05) is 41.7 Å². The standard InChI is InChI=1S/C30H37N7O3/c31-30-27(15-26(34-35-30)25-5-1-2-6-28(25)38)36-17-20-7-8-21(18-36)37(20)19-9-11-33-29(12-19)40-24-13-23(14-24)39-22-4-3-10-32-16-22/h1-2,5-6,9,11-12,15,20-24,32,38H,3-4,7-8,10,13-14,16-18H2,(H2,31,35). The summed E-state index contributed by atoms with van der Waals surface area (Å²) in [5.74, 6) is 1.28. The Balaban J connectivity index is 1.01. The third-order valence-corrected chi connectivity index (χ3v) is 8.80. The Morgan fingerprint density at radius 3 is 2.55 bits per heavy atom. The average molecular weight is 544 g/mol. The lowest BCUT2D eigenvalue weighted by molar-refractivity contribution is -0.101. The normalized spacial score (nSPS) is 27.9. The maximum Gasteiger partial charge on any atom is 0.215 e. The van der Waals surface area contributed by atoms with Crippen molar-refractivity contribution in [2.24, 2.45) is 0 Å². The second kappa shape index (κ2) is 10.7. The number of fused-ring (bicyclic) bond motifs is 2. The van der Waals surface area contributed by atoms with Gasteiger partial charge in [-0.2, -0.15) is 0 Å². The minimum absolute atomic E-state index is 0.165. The topological polar surface area (TPSA) is 122 Å². The van der Waals surface area contributed by atoms with Gasteiger partial charge in [0.15, 0.2) is 5.82 Å². The number of benzene rings is 1. The summed E-state index contributed by atoms with van der Waals surface area (Å²) in [6.07, 6.45) is 9.08. The Morgan fingerprint density at radius 1 is 0.950 bits per heavy atom. The minimum atomic E-state index is 0.165. The van der Waals surface area contributed by atoms with Crippen LogP contribution in [0, 0.1) is 0 Å². The van der Waals surface area contributed by atoms with Crippen molar-refractivity contribution >= 4 is 17.2 Å². The van der Waals surface area contributed by atoms with E-state index in [1.807, 2.05) is 24.4 Å². The molecule has 2 bridgehead atoms. The zero-order valence-corrected chi connectivity index (χ0v) is 22.7. The molecule has 3 aromatic rings. The van der Waals surface area contributed by atoms with E-state index < -0.39 is 0 Å². The van der Waals surface area contributed by atoms with Crippen LogP contribution in [0.4, 0.5) is 17.2 Å². The van der Waals surface area contributed by atoms with E-state index in [0.717, 1.165) is 69.7 Å². The highest BCUT2D eigenvalue weighted by molar-refractivity contribution is 5.74. The van der Waals surface area contributed by atoms with Crippen molar-refractivity contribution in [2.45, 2.75) is 68.9 Å². The summed E-state index contributed by atoms with van der Waals surface area (Å²) in [6.45, 7) is 3.74. The summed E-state index contributed by atoms with van der Waals surface area (Å²) in [4.78, 5) is 9.38. The van der Waals surface area contributed by atoms with E-state index in [2.05, 4.69) is 42.4 Å². The Labute approximate surface area is 234 Å². The maximum atomic E-state index is 10.3. The Morgan fingerprint density at radius 2 is 1.77 bits per heavy atom. The molecule has 3 saturated heterocycles. The number of anilines is 3. The molecule has 0 amide bonds. The second-order valence-electron chi connectivity index (χ2n) is 11.5. The van der Waals surface area contributed by atoms with Crippen molar-refractivity contribution in [3.8, 4) is 22.9 Å². The zero-order chi connectivity index (χ0) is 27.1. The molecule has 1 saturated carbocycles. The van der Waals surface area contributed by atoms with Crippen LogP contribution in [0.15, 0.2) is 48.7 Å². The van der Waals surface area contributed by atoms with Crippen molar-refractivity contribution < 1.29 is 14.6 Å². The van der Waals surface area contributed by atoms with Gasteiger partial charge >= 0.3 is 0 Å². The molecule has 40 heavy (non-hydrogen) atoms. The van der Waals surface area contributed by atoms with Gasteiger partial charge in [0.05, 0.1) is 23.6 Å². The number of hydrogen-bond acceptors (Lipinski definition) is 10.